The number of fused-ring (bicyclic) bond motifs is 1. The summed E-state index contributed by atoms with van der Waals surface area (Å²) in [5.41, 5.74) is 0.839. The lowest BCUT2D eigenvalue weighted by Crippen LogP contribution is -2.41. The van der Waals surface area contributed by atoms with Crippen molar-refractivity contribution in [3.63, 3.8) is 0 Å². The summed E-state index contributed by atoms with van der Waals surface area (Å²) in [6.07, 6.45) is 3.04. The minimum absolute atomic E-state index is 0.0523. The van der Waals surface area contributed by atoms with Crippen LogP contribution in [0.1, 0.15) is 50.5 Å². The van der Waals surface area contributed by atoms with Gasteiger partial charge in [-0.05, 0) is 50.5 Å². The summed E-state index contributed by atoms with van der Waals surface area (Å²) in [5.74, 6) is 0.174. The predicted molar refractivity (Wildman–Crippen MR) is 131 cm³/mol. The van der Waals surface area contributed by atoms with Crippen LogP contribution < -0.4 is 9.62 Å². The predicted octanol–water partition coefficient (Wildman–Crippen LogP) is 4.28. The maximum absolute atomic E-state index is 13.4. The molecular weight excluding hydrogens is 534 g/mol. The molecule has 194 valence electrons. The van der Waals surface area contributed by atoms with Crippen LogP contribution in [0.3, 0.4) is 0 Å². The molecule has 1 saturated carbocycles. The van der Waals surface area contributed by atoms with Gasteiger partial charge in [0.05, 0.1) is 12.3 Å². The molecule has 0 atom stereocenters. The first kappa shape index (κ1) is 24.4. The van der Waals surface area contributed by atoms with E-state index in [4.69, 9.17) is 16.3 Å². The van der Waals surface area contributed by atoms with Crippen molar-refractivity contribution < 1.29 is 21.9 Å². The Hall–Kier alpha value is -1.93. The molecule has 6 rings (SSSR count). The van der Waals surface area contributed by atoms with Crippen molar-refractivity contribution in [3.8, 4) is 10.8 Å². The van der Waals surface area contributed by atoms with Gasteiger partial charge in [-0.3, -0.25) is 4.40 Å². The highest BCUT2D eigenvalue weighted by Crippen LogP contribution is 2.43. The Morgan fingerprint density at radius 1 is 1.19 bits per heavy atom. The maximum atomic E-state index is 13.4. The Kier molecular flexibility index (Phi) is 5.80. The minimum Gasteiger partial charge on any atom is -0.381 e. The van der Waals surface area contributed by atoms with Crippen molar-refractivity contribution in [2.24, 2.45) is 5.41 Å². The SMILES string of the molecule is CC1(NS(=O)(=O)c2cc(N3CCC4(CCOC4)CC3)c3c(Cl)nc(-c4nnc(C(F)F)s4)n3c2)CC1. The van der Waals surface area contributed by atoms with Gasteiger partial charge in [0.2, 0.25) is 10.0 Å². The summed E-state index contributed by atoms with van der Waals surface area (Å²) in [5, 5.41) is 7.27. The molecule has 1 N–H and O–H groups in total. The normalized spacial score (nSPS) is 21.2. The summed E-state index contributed by atoms with van der Waals surface area (Å²) in [4.78, 5) is 6.57. The molecule has 3 aromatic heterocycles. The third kappa shape index (κ3) is 4.28. The van der Waals surface area contributed by atoms with Gasteiger partial charge in [0, 0.05) is 31.4 Å². The molecule has 9 nitrogen and oxygen atoms in total. The van der Waals surface area contributed by atoms with Crippen LogP contribution in [0.4, 0.5) is 14.5 Å². The molecule has 0 aromatic carbocycles. The summed E-state index contributed by atoms with van der Waals surface area (Å²) in [7, 11) is -3.87. The van der Waals surface area contributed by atoms with E-state index in [9.17, 15) is 17.2 Å². The molecule has 0 unspecified atom stereocenters. The average Bonchev–Trinajstić information content (AvgIpc) is 3.22. The van der Waals surface area contributed by atoms with Gasteiger partial charge in [0.25, 0.3) is 6.43 Å². The van der Waals surface area contributed by atoms with Crippen molar-refractivity contribution in [2.45, 2.75) is 55.9 Å². The van der Waals surface area contributed by atoms with E-state index in [0.29, 0.717) is 35.6 Å². The van der Waals surface area contributed by atoms with Crippen molar-refractivity contribution in [3.05, 3.63) is 22.4 Å². The van der Waals surface area contributed by atoms with Crippen LogP contribution in [-0.2, 0) is 14.8 Å². The summed E-state index contributed by atoms with van der Waals surface area (Å²) < 4.78 is 63.1. The first-order valence-electron chi connectivity index (χ1n) is 11.8. The molecule has 1 spiro atoms. The van der Waals surface area contributed by atoms with Gasteiger partial charge < -0.3 is 9.64 Å². The van der Waals surface area contributed by atoms with Gasteiger partial charge in [-0.2, -0.15) is 0 Å². The zero-order valence-electron chi connectivity index (χ0n) is 19.5. The van der Waals surface area contributed by atoms with E-state index in [2.05, 4.69) is 24.8 Å². The Labute approximate surface area is 215 Å². The molecule has 5 heterocycles. The highest BCUT2D eigenvalue weighted by atomic mass is 35.5. The Bertz CT molecular complexity index is 1420. The van der Waals surface area contributed by atoms with Gasteiger partial charge >= 0.3 is 0 Å². The van der Waals surface area contributed by atoms with Gasteiger partial charge in [-0.25, -0.2) is 26.9 Å². The number of halogens is 3. The number of imidazole rings is 1. The number of sulfonamides is 1. The number of anilines is 1. The molecule has 3 aliphatic rings. The number of pyridine rings is 1. The lowest BCUT2D eigenvalue weighted by Gasteiger charge is -2.39. The second kappa shape index (κ2) is 8.55. The van der Waals surface area contributed by atoms with Crippen LogP contribution in [0.2, 0.25) is 5.15 Å². The number of nitrogens with zero attached hydrogens (tertiary/aromatic N) is 5. The molecule has 0 bridgehead atoms. The molecular formula is C22H25ClF2N6O3S2. The number of rotatable bonds is 6. The summed E-state index contributed by atoms with van der Waals surface area (Å²) in [6.45, 7) is 4.79. The third-order valence-corrected chi connectivity index (χ3v) is 10.3. The number of aromatic nitrogens is 4. The molecule has 36 heavy (non-hydrogen) atoms. The quantitative estimate of drug-likeness (QED) is 0.482. The molecule has 2 aliphatic heterocycles. The van der Waals surface area contributed by atoms with Crippen LogP contribution in [0.25, 0.3) is 16.3 Å². The number of alkyl halides is 2. The lowest BCUT2D eigenvalue weighted by molar-refractivity contribution is 0.134. The second-order valence-electron chi connectivity index (χ2n) is 10.2. The number of nitrogens with one attached hydrogen (secondary N) is 1. The average molecular weight is 559 g/mol. The van der Waals surface area contributed by atoms with Crippen molar-refractivity contribution in [1.29, 1.82) is 0 Å². The van der Waals surface area contributed by atoms with E-state index >= 15 is 0 Å². The van der Waals surface area contributed by atoms with Crippen molar-refractivity contribution in [2.75, 3.05) is 31.2 Å². The smallest absolute Gasteiger partial charge is 0.291 e. The lowest BCUT2D eigenvalue weighted by atomic mass is 9.78. The molecule has 1 aliphatic carbocycles. The highest BCUT2D eigenvalue weighted by Gasteiger charge is 2.42. The standard InChI is InChI=1S/C22H25ClF2N6O3S2/c1-21(2-3-21)29-36(32,33)13-10-14(30-7-4-22(5-8-30)6-9-34-12-22)15-16(23)26-18(31(15)11-13)20-28-27-19(35-20)17(24)25/h10-11,17,29H,2-9,12H2,1H3. The van der Waals surface area contributed by atoms with Gasteiger partial charge in [-0.15, -0.1) is 10.2 Å². The van der Waals surface area contributed by atoms with E-state index in [1.165, 1.54) is 6.20 Å². The van der Waals surface area contributed by atoms with Gasteiger partial charge in [-0.1, -0.05) is 22.9 Å². The number of hydrogen-bond donors (Lipinski definition) is 1. The zero-order valence-corrected chi connectivity index (χ0v) is 21.9. The summed E-state index contributed by atoms with van der Waals surface area (Å²) in [6, 6.07) is 1.63. The van der Waals surface area contributed by atoms with Crippen LogP contribution >= 0.6 is 22.9 Å². The van der Waals surface area contributed by atoms with E-state index in [-0.39, 0.29) is 26.3 Å². The Morgan fingerprint density at radius 3 is 2.56 bits per heavy atom. The topological polar surface area (TPSA) is 102 Å². The van der Waals surface area contributed by atoms with Gasteiger partial charge in [0.1, 0.15) is 10.4 Å². The highest BCUT2D eigenvalue weighted by molar-refractivity contribution is 7.89. The van der Waals surface area contributed by atoms with E-state index < -0.39 is 27.0 Å². The molecule has 3 fully saturated rings. The second-order valence-corrected chi connectivity index (χ2v) is 13.3. The number of piperidine rings is 1. The van der Waals surface area contributed by atoms with Crippen LogP contribution in [0.15, 0.2) is 17.2 Å². The molecule has 2 saturated heterocycles. The fourth-order valence-electron chi connectivity index (χ4n) is 5.02. The van der Waals surface area contributed by atoms with Crippen LogP contribution in [-0.4, -0.2) is 59.8 Å². The number of ether oxygens (including phenoxy) is 1. The third-order valence-electron chi connectivity index (χ3n) is 7.51. The molecule has 0 amide bonds. The fourth-order valence-corrected chi connectivity index (χ4v) is 7.45. The van der Waals surface area contributed by atoms with E-state index in [1.807, 2.05) is 6.92 Å². The van der Waals surface area contributed by atoms with Crippen molar-refractivity contribution in [1.82, 2.24) is 24.3 Å². The van der Waals surface area contributed by atoms with Gasteiger partial charge in [0.15, 0.2) is 21.0 Å². The first-order valence-corrected chi connectivity index (χ1v) is 14.5. The molecule has 14 heteroatoms. The summed E-state index contributed by atoms with van der Waals surface area (Å²) >= 11 is 7.29. The zero-order chi connectivity index (χ0) is 25.3. The molecule has 3 aromatic rings. The minimum atomic E-state index is -3.87. The van der Waals surface area contributed by atoms with Crippen LogP contribution in [0, 0.1) is 5.41 Å². The number of hydrogen-bond acceptors (Lipinski definition) is 8. The maximum Gasteiger partial charge on any atom is 0.291 e. The molecule has 0 radical (unpaired) electrons. The first-order chi connectivity index (χ1) is 17.1. The fraction of sp³-hybridized carbons (Fsp3) is 0.591. The van der Waals surface area contributed by atoms with Crippen LogP contribution in [0.5, 0.6) is 0 Å². The van der Waals surface area contributed by atoms with E-state index in [1.54, 1.807) is 10.5 Å². The Morgan fingerprint density at radius 2 is 1.94 bits per heavy atom. The largest absolute Gasteiger partial charge is 0.381 e. The van der Waals surface area contributed by atoms with E-state index in [0.717, 1.165) is 45.3 Å². The van der Waals surface area contributed by atoms with Crippen molar-refractivity contribution >= 4 is 44.2 Å². The Balaban J connectivity index is 1.47. The monoisotopic (exact) mass is 558 g/mol.